The van der Waals surface area contributed by atoms with Crippen molar-refractivity contribution in [3.05, 3.63) is 48.5 Å². The van der Waals surface area contributed by atoms with Gasteiger partial charge in [0.2, 0.25) is 0 Å². The number of likely N-dealkylation sites (tertiary alicyclic amines) is 1. The molecule has 1 saturated carbocycles. The standard InChI is InChI=1S/C25H30F3NO3S/c1-33(30,31)23-9-5-21(6-10-23)20-3-7-22(8-4-20)32-17-19-11-15-29(16-12-19)18-24(13-2-14-24)25(26,27)28/h3-10,19H,2,11-18H2,1H3. The number of piperidine rings is 1. The Morgan fingerprint density at radius 1 is 0.970 bits per heavy atom. The molecule has 1 saturated heterocycles. The van der Waals surface area contributed by atoms with Crippen LogP contribution in [0.4, 0.5) is 13.2 Å². The highest BCUT2D eigenvalue weighted by atomic mass is 32.2. The van der Waals surface area contributed by atoms with Crippen molar-refractivity contribution in [1.29, 1.82) is 0 Å². The minimum Gasteiger partial charge on any atom is -0.493 e. The van der Waals surface area contributed by atoms with Crippen LogP contribution in [0.1, 0.15) is 32.1 Å². The molecule has 1 aliphatic heterocycles. The lowest BCUT2D eigenvalue weighted by Gasteiger charge is -2.47. The highest BCUT2D eigenvalue weighted by Gasteiger charge is 2.58. The van der Waals surface area contributed by atoms with Gasteiger partial charge in [-0.3, -0.25) is 0 Å². The predicted molar refractivity (Wildman–Crippen MR) is 122 cm³/mol. The first-order chi connectivity index (χ1) is 15.6. The second kappa shape index (κ2) is 9.29. The minimum absolute atomic E-state index is 0.136. The molecule has 8 heteroatoms. The summed E-state index contributed by atoms with van der Waals surface area (Å²) in [5.41, 5.74) is 0.401. The van der Waals surface area contributed by atoms with E-state index in [1.54, 1.807) is 24.3 Å². The summed E-state index contributed by atoms with van der Waals surface area (Å²) in [5.74, 6) is 1.09. The smallest absolute Gasteiger partial charge is 0.395 e. The lowest BCUT2D eigenvalue weighted by atomic mass is 9.67. The van der Waals surface area contributed by atoms with Gasteiger partial charge in [-0.25, -0.2) is 8.42 Å². The van der Waals surface area contributed by atoms with E-state index < -0.39 is 21.4 Å². The van der Waals surface area contributed by atoms with Gasteiger partial charge in [-0.1, -0.05) is 30.7 Å². The Kier molecular flexibility index (Phi) is 6.78. The predicted octanol–water partition coefficient (Wildman–Crippen LogP) is 5.58. The summed E-state index contributed by atoms with van der Waals surface area (Å²) in [4.78, 5) is 2.27. The lowest BCUT2D eigenvalue weighted by molar-refractivity contribution is -0.256. The van der Waals surface area contributed by atoms with Crippen molar-refractivity contribution in [2.45, 2.75) is 43.2 Å². The first kappa shape index (κ1) is 24.1. The van der Waals surface area contributed by atoms with Crippen LogP contribution in [-0.2, 0) is 9.84 Å². The van der Waals surface area contributed by atoms with Gasteiger partial charge in [-0.05, 0) is 80.1 Å². The van der Waals surface area contributed by atoms with Gasteiger partial charge in [0.15, 0.2) is 9.84 Å². The molecule has 2 aromatic carbocycles. The molecular formula is C25H30F3NO3S. The number of nitrogens with zero attached hydrogens (tertiary/aromatic N) is 1. The fourth-order valence-corrected chi connectivity index (χ4v) is 5.36. The van der Waals surface area contributed by atoms with E-state index in [1.807, 2.05) is 29.2 Å². The van der Waals surface area contributed by atoms with Crippen LogP contribution >= 0.6 is 0 Å². The molecule has 4 rings (SSSR count). The average molecular weight is 482 g/mol. The number of halogens is 3. The monoisotopic (exact) mass is 481 g/mol. The molecule has 0 N–H and O–H groups in total. The number of benzene rings is 2. The number of sulfone groups is 1. The lowest BCUT2D eigenvalue weighted by Crippen LogP contribution is -2.53. The molecule has 0 bridgehead atoms. The van der Waals surface area contributed by atoms with Gasteiger partial charge in [0.05, 0.1) is 16.9 Å². The van der Waals surface area contributed by atoms with E-state index in [0.29, 0.717) is 36.9 Å². The van der Waals surface area contributed by atoms with Crippen LogP contribution in [0, 0.1) is 11.3 Å². The van der Waals surface area contributed by atoms with Crippen molar-refractivity contribution in [1.82, 2.24) is 4.90 Å². The summed E-state index contributed by atoms with van der Waals surface area (Å²) in [6.07, 6.45) is -0.0286. The maximum absolute atomic E-state index is 13.4. The van der Waals surface area contributed by atoms with Crippen LogP contribution in [-0.4, -0.2) is 52.0 Å². The summed E-state index contributed by atoms with van der Waals surface area (Å²) in [5, 5.41) is 0. The molecule has 0 spiro atoms. The number of alkyl halides is 3. The Balaban J connectivity index is 1.25. The maximum atomic E-state index is 13.4. The number of hydrogen-bond acceptors (Lipinski definition) is 4. The second-order valence-electron chi connectivity index (χ2n) is 9.48. The fourth-order valence-electron chi connectivity index (χ4n) is 4.73. The molecule has 0 radical (unpaired) electrons. The zero-order chi connectivity index (χ0) is 23.7. The molecular weight excluding hydrogens is 451 g/mol. The number of ether oxygens (including phenoxy) is 1. The van der Waals surface area contributed by atoms with E-state index in [4.69, 9.17) is 4.74 Å². The third-order valence-corrected chi connectivity index (χ3v) is 8.23. The summed E-state index contributed by atoms with van der Waals surface area (Å²) in [7, 11) is -3.22. The van der Waals surface area contributed by atoms with Crippen LogP contribution in [0.25, 0.3) is 11.1 Å². The molecule has 4 nitrogen and oxygen atoms in total. The molecule has 0 unspecified atom stereocenters. The third kappa shape index (κ3) is 5.54. The Hall–Kier alpha value is -2.06. The van der Waals surface area contributed by atoms with Crippen LogP contribution in [0.5, 0.6) is 5.75 Å². The van der Waals surface area contributed by atoms with Crippen LogP contribution in [0.2, 0.25) is 0 Å². The zero-order valence-electron chi connectivity index (χ0n) is 18.8. The molecule has 2 aliphatic rings. The van der Waals surface area contributed by atoms with Gasteiger partial charge in [0.1, 0.15) is 5.75 Å². The molecule has 180 valence electrons. The van der Waals surface area contributed by atoms with Crippen molar-refractivity contribution in [2.75, 3.05) is 32.5 Å². The largest absolute Gasteiger partial charge is 0.493 e. The maximum Gasteiger partial charge on any atom is 0.395 e. The van der Waals surface area contributed by atoms with Crippen LogP contribution in [0.15, 0.2) is 53.4 Å². The van der Waals surface area contributed by atoms with E-state index in [9.17, 15) is 21.6 Å². The quantitative estimate of drug-likeness (QED) is 0.518. The molecule has 1 heterocycles. The molecule has 33 heavy (non-hydrogen) atoms. The van der Waals surface area contributed by atoms with E-state index in [0.717, 1.165) is 29.7 Å². The van der Waals surface area contributed by atoms with E-state index >= 15 is 0 Å². The zero-order valence-corrected chi connectivity index (χ0v) is 19.6. The molecule has 1 aliphatic carbocycles. The number of rotatable bonds is 7. The van der Waals surface area contributed by atoms with Crippen molar-refractivity contribution < 1.29 is 26.3 Å². The average Bonchev–Trinajstić information content (AvgIpc) is 2.74. The van der Waals surface area contributed by atoms with E-state index in [-0.39, 0.29) is 19.4 Å². The Morgan fingerprint density at radius 3 is 1.97 bits per heavy atom. The van der Waals surface area contributed by atoms with Gasteiger partial charge in [-0.2, -0.15) is 13.2 Å². The van der Waals surface area contributed by atoms with E-state index in [1.165, 1.54) is 6.26 Å². The summed E-state index contributed by atoms with van der Waals surface area (Å²) in [6, 6.07) is 14.4. The van der Waals surface area contributed by atoms with Gasteiger partial charge in [0.25, 0.3) is 0 Å². The highest BCUT2D eigenvalue weighted by Crippen LogP contribution is 2.53. The van der Waals surface area contributed by atoms with Gasteiger partial charge in [-0.15, -0.1) is 0 Å². The molecule has 0 aromatic heterocycles. The SMILES string of the molecule is CS(=O)(=O)c1ccc(-c2ccc(OCC3CCN(CC4(C(F)(F)F)CCC4)CC3)cc2)cc1. The number of hydrogen-bond donors (Lipinski definition) is 0. The third-order valence-electron chi connectivity index (χ3n) is 7.10. The van der Waals surface area contributed by atoms with Crippen molar-refractivity contribution >= 4 is 9.84 Å². The molecule has 0 amide bonds. The minimum atomic E-state index is -4.10. The molecule has 0 atom stereocenters. The van der Waals surface area contributed by atoms with Crippen LogP contribution in [0.3, 0.4) is 0 Å². The van der Waals surface area contributed by atoms with Gasteiger partial charge >= 0.3 is 6.18 Å². The Bertz CT molecular complexity index is 1040. The summed E-state index contributed by atoms with van der Waals surface area (Å²) in [6.45, 7) is 2.07. The fraction of sp³-hybridized carbons (Fsp3) is 0.520. The van der Waals surface area contributed by atoms with Gasteiger partial charge in [0, 0.05) is 12.8 Å². The van der Waals surface area contributed by atoms with E-state index in [2.05, 4.69) is 0 Å². The summed E-state index contributed by atoms with van der Waals surface area (Å²) >= 11 is 0. The van der Waals surface area contributed by atoms with Crippen LogP contribution < -0.4 is 4.74 Å². The first-order valence-electron chi connectivity index (χ1n) is 11.4. The topological polar surface area (TPSA) is 46.6 Å². The normalized spacial score (nSPS) is 19.8. The van der Waals surface area contributed by atoms with Crippen molar-refractivity contribution in [2.24, 2.45) is 11.3 Å². The Labute approximate surface area is 193 Å². The summed E-state index contributed by atoms with van der Waals surface area (Å²) < 4.78 is 69.4. The molecule has 2 fully saturated rings. The van der Waals surface area contributed by atoms with Gasteiger partial charge < -0.3 is 9.64 Å². The Morgan fingerprint density at radius 2 is 1.52 bits per heavy atom. The van der Waals surface area contributed by atoms with Crippen molar-refractivity contribution in [3.8, 4) is 16.9 Å². The molecule has 2 aromatic rings. The first-order valence-corrected chi connectivity index (χ1v) is 13.3. The second-order valence-corrected chi connectivity index (χ2v) is 11.5. The highest BCUT2D eigenvalue weighted by molar-refractivity contribution is 7.90. The van der Waals surface area contributed by atoms with Crippen molar-refractivity contribution in [3.63, 3.8) is 0 Å².